The van der Waals surface area contributed by atoms with E-state index in [2.05, 4.69) is 168 Å². The van der Waals surface area contributed by atoms with Gasteiger partial charge in [-0.2, -0.15) is 0 Å². The number of unbranched alkanes of at least 4 members (excludes halogenated alkanes) is 6. The standard InChI is InChI=1S/C59H90O7/c1-42(2)25-18-16-14-13-15-17-19-33-53(60)64-41-52-54(61)55(62)56(63)57(66-52)65-49-39-48(8)51(59(11,12)40-49)37-35-46(6)31-23-29-44(4)27-21-20-26-43(3)28-22-30-45(5)34-36-50-47(7)32-24-38-58(50,9)10/h20-23,26-31,34-37,42,49,52,54-57,61-63H,13-19,24-25,32-33,38-41H2,1-12H3/b21-20+,28-22+,29-23+,36-34+,37-35-,43-26+,44-27+,45-30+,46-31+/t49-,52+,54+,55-,56-,57-/m1/s1. The fourth-order valence-electron chi connectivity index (χ4n) is 9.33. The molecule has 1 fully saturated rings. The molecule has 368 valence electrons. The number of aliphatic hydroxyl groups is 3. The second-order valence-electron chi connectivity index (χ2n) is 21.2. The fourth-order valence-corrected chi connectivity index (χ4v) is 9.33. The summed E-state index contributed by atoms with van der Waals surface area (Å²) >= 11 is 0. The molecule has 7 nitrogen and oxygen atoms in total. The third-order valence-corrected chi connectivity index (χ3v) is 13.4. The van der Waals surface area contributed by atoms with Gasteiger partial charge in [-0.05, 0) is 108 Å². The second kappa shape index (κ2) is 28.7. The van der Waals surface area contributed by atoms with Crippen LogP contribution in [0.3, 0.4) is 0 Å². The first-order valence-corrected chi connectivity index (χ1v) is 25.2. The van der Waals surface area contributed by atoms with Crippen LogP contribution in [0.15, 0.2) is 130 Å². The van der Waals surface area contributed by atoms with E-state index in [1.54, 1.807) is 0 Å². The molecule has 0 radical (unpaired) electrons. The smallest absolute Gasteiger partial charge is 0.305 e. The van der Waals surface area contributed by atoms with Crippen LogP contribution in [0.1, 0.15) is 173 Å². The Labute approximate surface area is 401 Å². The maximum atomic E-state index is 12.5. The van der Waals surface area contributed by atoms with Gasteiger partial charge in [-0.15, -0.1) is 0 Å². The molecule has 0 bridgehead atoms. The number of hydrogen-bond acceptors (Lipinski definition) is 7. The molecule has 6 atom stereocenters. The molecule has 3 aliphatic rings. The largest absolute Gasteiger partial charge is 0.463 e. The zero-order valence-electron chi connectivity index (χ0n) is 43.2. The highest BCUT2D eigenvalue weighted by Gasteiger charge is 2.46. The SMILES string of the molecule is CC1=C(\C=C/C(C)=C/C=C/C(C)=C/C=C/C=C(C)/C=C/C=C(C)/C=C/C2=C(C)CCCC2(C)C)C(C)(C)C[C@H](O[C@@H]2O[C@@H](COC(=O)CCCCCCCCCC(C)C)[C@H](O)[C@@H](O)[C@H]2O)C1. The Morgan fingerprint density at radius 1 is 0.682 bits per heavy atom. The van der Waals surface area contributed by atoms with Crippen molar-refractivity contribution in [2.75, 3.05) is 6.61 Å². The predicted molar refractivity (Wildman–Crippen MR) is 276 cm³/mol. The maximum absolute atomic E-state index is 12.5. The van der Waals surface area contributed by atoms with Gasteiger partial charge in [0, 0.05) is 6.42 Å². The third-order valence-electron chi connectivity index (χ3n) is 13.4. The quantitative estimate of drug-likeness (QED) is 0.0503. The van der Waals surface area contributed by atoms with Crippen molar-refractivity contribution >= 4 is 5.97 Å². The summed E-state index contributed by atoms with van der Waals surface area (Å²) < 4.78 is 17.7. The van der Waals surface area contributed by atoms with Gasteiger partial charge in [0.1, 0.15) is 31.0 Å². The topological polar surface area (TPSA) is 105 Å². The monoisotopic (exact) mass is 911 g/mol. The fraction of sp³-hybridized carbons (Fsp3) is 0.610. The minimum Gasteiger partial charge on any atom is -0.463 e. The van der Waals surface area contributed by atoms with E-state index in [0.717, 1.165) is 36.3 Å². The predicted octanol–water partition coefficient (Wildman–Crippen LogP) is 14.1. The zero-order valence-corrected chi connectivity index (χ0v) is 43.2. The van der Waals surface area contributed by atoms with Crippen LogP contribution in [-0.2, 0) is 19.0 Å². The number of aliphatic hydroxyl groups excluding tert-OH is 3. The van der Waals surface area contributed by atoms with Crippen LogP contribution in [0.5, 0.6) is 0 Å². The first kappa shape index (κ1) is 56.7. The lowest BCUT2D eigenvalue weighted by atomic mass is 9.71. The minimum atomic E-state index is -1.49. The van der Waals surface area contributed by atoms with Crippen molar-refractivity contribution in [3.63, 3.8) is 0 Å². The number of ether oxygens (including phenoxy) is 3. The molecule has 0 unspecified atom stereocenters. The van der Waals surface area contributed by atoms with Crippen molar-refractivity contribution in [2.24, 2.45) is 16.7 Å². The van der Waals surface area contributed by atoms with Crippen molar-refractivity contribution in [3.8, 4) is 0 Å². The lowest BCUT2D eigenvalue weighted by Crippen LogP contribution is -2.60. The zero-order chi connectivity index (χ0) is 48.9. The summed E-state index contributed by atoms with van der Waals surface area (Å²) in [5, 5.41) is 32.2. The van der Waals surface area contributed by atoms with Crippen LogP contribution in [0.2, 0.25) is 0 Å². The van der Waals surface area contributed by atoms with E-state index in [9.17, 15) is 20.1 Å². The average Bonchev–Trinajstić information content (AvgIpc) is 3.23. The minimum absolute atomic E-state index is 0.220. The summed E-state index contributed by atoms with van der Waals surface area (Å²) in [4.78, 5) is 12.5. The van der Waals surface area contributed by atoms with E-state index >= 15 is 0 Å². The molecule has 1 heterocycles. The van der Waals surface area contributed by atoms with Crippen LogP contribution in [0, 0.1) is 16.7 Å². The molecule has 0 amide bonds. The van der Waals surface area contributed by atoms with Gasteiger partial charge < -0.3 is 29.5 Å². The highest BCUT2D eigenvalue weighted by molar-refractivity contribution is 5.69. The number of hydrogen-bond donors (Lipinski definition) is 3. The van der Waals surface area contributed by atoms with Crippen molar-refractivity contribution in [3.05, 3.63) is 130 Å². The van der Waals surface area contributed by atoms with Crippen LogP contribution < -0.4 is 0 Å². The van der Waals surface area contributed by atoms with E-state index < -0.39 is 30.7 Å². The number of rotatable bonds is 24. The number of allylic oxidation sites excluding steroid dienone is 21. The van der Waals surface area contributed by atoms with Gasteiger partial charge in [-0.1, -0.05) is 205 Å². The molecular formula is C59H90O7. The van der Waals surface area contributed by atoms with Gasteiger partial charge in [0.15, 0.2) is 6.29 Å². The normalized spacial score (nSPS) is 26.2. The van der Waals surface area contributed by atoms with E-state index in [4.69, 9.17) is 14.2 Å². The molecule has 3 rings (SSSR count). The molecule has 0 aromatic carbocycles. The molecule has 66 heavy (non-hydrogen) atoms. The van der Waals surface area contributed by atoms with Crippen molar-refractivity contribution in [2.45, 2.75) is 210 Å². The summed E-state index contributed by atoms with van der Waals surface area (Å²) in [6.07, 6.45) is 37.6. The van der Waals surface area contributed by atoms with Gasteiger partial charge in [0.25, 0.3) is 0 Å². The van der Waals surface area contributed by atoms with E-state index in [0.29, 0.717) is 19.3 Å². The first-order valence-electron chi connectivity index (χ1n) is 25.2. The van der Waals surface area contributed by atoms with Crippen LogP contribution >= 0.6 is 0 Å². The average molecular weight is 911 g/mol. The van der Waals surface area contributed by atoms with E-state index in [1.165, 1.54) is 84.8 Å². The summed E-state index contributed by atoms with van der Waals surface area (Å²) in [6, 6.07) is 0. The molecule has 1 saturated heterocycles. The molecule has 2 aliphatic carbocycles. The van der Waals surface area contributed by atoms with Gasteiger partial charge in [-0.25, -0.2) is 0 Å². The van der Waals surface area contributed by atoms with Crippen LogP contribution in [0.4, 0.5) is 0 Å². The molecule has 0 aromatic rings. The Morgan fingerprint density at radius 3 is 1.74 bits per heavy atom. The lowest BCUT2D eigenvalue weighted by molar-refractivity contribution is -0.313. The highest BCUT2D eigenvalue weighted by atomic mass is 16.7. The Balaban J connectivity index is 1.47. The van der Waals surface area contributed by atoms with Crippen LogP contribution in [-0.4, -0.2) is 64.7 Å². The van der Waals surface area contributed by atoms with Gasteiger partial charge in [0.05, 0.1) is 6.10 Å². The summed E-state index contributed by atoms with van der Waals surface area (Å²) in [5.41, 5.74) is 10.2. The molecule has 0 spiro atoms. The number of carbonyl (C=O) groups is 1. The van der Waals surface area contributed by atoms with Gasteiger partial charge >= 0.3 is 5.97 Å². The first-order chi connectivity index (χ1) is 31.2. The summed E-state index contributed by atoms with van der Waals surface area (Å²) in [5.74, 6) is 0.404. The molecular weight excluding hydrogens is 821 g/mol. The van der Waals surface area contributed by atoms with Crippen molar-refractivity contribution in [1.82, 2.24) is 0 Å². The Morgan fingerprint density at radius 2 is 1.20 bits per heavy atom. The number of carbonyl (C=O) groups excluding carboxylic acids is 1. The van der Waals surface area contributed by atoms with E-state index in [-0.39, 0.29) is 29.5 Å². The van der Waals surface area contributed by atoms with Crippen molar-refractivity contribution in [1.29, 1.82) is 0 Å². The van der Waals surface area contributed by atoms with Gasteiger partial charge in [-0.3, -0.25) is 4.79 Å². The van der Waals surface area contributed by atoms with Crippen LogP contribution in [0.25, 0.3) is 0 Å². The molecule has 7 heteroatoms. The third kappa shape index (κ3) is 20.3. The van der Waals surface area contributed by atoms with Gasteiger partial charge in [0.2, 0.25) is 0 Å². The van der Waals surface area contributed by atoms with Crippen molar-refractivity contribution < 1.29 is 34.3 Å². The van der Waals surface area contributed by atoms with E-state index in [1.807, 2.05) is 0 Å². The Bertz CT molecular complexity index is 1890. The maximum Gasteiger partial charge on any atom is 0.305 e. The highest BCUT2D eigenvalue weighted by Crippen LogP contribution is 2.43. The molecule has 3 N–H and O–H groups in total. The molecule has 1 aliphatic heterocycles. The molecule has 0 aromatic heterocycles. The Kier molecular flexibility index (Phi) is 24.6. The second-order valence-corrected chi connectivity index (χ2v) is 21.2. The number of esters is 1. The Hall–Kier alpha value is -3.59. The summed E-state index contributed by atoms with van der Waals surface area (Å²) in [6.45, 7) is 26.2. The molecule has 0 saturated carbocycles. The lowest BCUT2D eigenvalue weighted by Gasteiger charge is -2.43. The summed E-state index contributed by atoms with van der Waals surface area (Å²) in [7, 11) is 0.